The zero-order chi connectivity index (χ0) is 15.4. The molecule has 1 fully saturated rings. The maximum Gasteiger partial charge on any atom is 0.198 e. The number of rotatable bonds is 2. The van der Waals surface area contributed by atoms with Crippen molar-refractivity contribution in [1.82, 2.24) is 4.98 Å². The highest BCUT2D eigenvalue weighted by molar-refractivity contribution is 5.78. The lowest BCUT2D eigenvalue weighted by molar-refractivity contribution is 0.483. The summed E-state index contributed by atoms with van der Waals surface area (Å²) in [5.74, 6) is 0.319. The van der Waals surface area contributed by atoms with Gasteiger partial charge in [-0.05, 0) is 24.1 Å². The third-order valence-electron chi connectivity index (χ3n) is 3.96. The Morgan fingerprint density at radius 1 is 1.24 bits per heavy atom. The molecule has 1 aromatic carbocycles. The Balaban J connectivity index is 0.000000272. The van der Waals surface area contributed by atoms with Gasteiger partial charge in [0.2, 0.25) is 0 Å². The minimum absolute atomic E-state index is 0.146. The number of oxazole rings is 1. The Morgan fingerprint density at radius 3 is 2.29 bits per heavy atom. The van der Waals surface area contributed by atoms with Crippen LogP contribution in [0.1, 0.15) is 68.9 Å². The van der Waals surface area contributed by atoms with E-state index in [4.69, 9.17) is 10.2 Å². The molecule has 1 aromatic heterocycles. The quantitative estimate of drug-likeness (QED) is 0.864. The predicted molar refractivity (Wildman–Crippen MR) is 83.8 cm³/mol. The molecule has 1 aliphatic rings. The number of hydrogen-bond acceptors (Lipinski definition) is 3. The lowest BCUT2D eigenvalue weighted by Crippen LogP contribution is -2.00. The molecule has 0 saturated heterocycles. The van der Waals surface area contributed by atoms with Crippen LogP contribution in [0, 0.1) is 12.7 Å². The van der Waals surface area contributed by atoms with Crippen LogP contribution in [0.3, 0.4) is 0 Å². The van der Waals surface area contributed by atoms with E-state index in [1.165, 1.54) is 38.2 Å². The summed E-state index contributed by atoms with van der Waals surface area (Å²) in [6.45, 7) is 6.11. The van der Waals surface area contributed by atoms with Gasteiger partial charge in [-0.15, -0.1) is 0 Å². The van der Waals surface area contributed by atoms with Gasteiger partial charge in [-0.3, -0.25) is 0 Å². The smallest absolute Gasteiger partial charge is 0.198 e. The number of nitrogens with two attached hydrogens (primary N) is 1. The average Bonchev–Trinajstić information content (AvgIpc) is 3.14. The zero-order valence-corrected chi connectivity index (χ0v) is 13.2. The first-order valence-electron chi connectivity index (χ1n) is 7.83. The lowest BCUT2D eigenvalue weighted by atomic mass is 10.1. The SMILES string of the molecule is C1CCCC1.Cc1c(CN)cc(F)c2oc(C(C)C)nc12. The molecule has 1 saturated carbocycles. The van der Waals surface area contributed by atoms with Gasteiger partial charge >= 0.3 is 0 Å². The highest BCUT2D eigenvalue weighted by Gasteiger charge is 2.16. The Morgan fingerprint density at radius 2 is 1.81 bits per heavy atom. The van der Waals surface area contributed by atoms with E-state index in [9.17, 15) is 4.39 Å². The number of hydrogen-bond donors (Lipinski definition) is 1. The lowest BCUT2D eigenvalue weighted by Gasteiger charge is -2.02. The van der Waals surface area contributed by atoms with Crippen LogP contribution in [0.25, 0.3) is 11.1 Å². The number of halogens is 1. The molecule has 21 heavy (non-hydrogen) atoms. The largest absolute Gasteiger partial charge is 0.437 e. The number of nitrogens with zero attached hydrogens (tertiary/aromatic N) is 1. The minimum Gasteiger partial charge on any atom is -0.437 e. The number of benzene rings is 1. The maximum atomic E-state index is 13.7. The fourth-order valence-corrected chi connectivity index (χ4v) is 2.57. The van der Waals surface area contributed by atoms with Gasteiger partial charge in [0.15, 0.2) is 17.3 Å². The highest BCUT2D eigenvalue weighted by Crippen LogP contribution is 2.28. The summed E-state index contributed by atoms with van der Waals surface area (Å²) in [5, 5.41) is 0. The van der Waals surface area contributed by atoms with Crippen molar-refractivity contribution in [2.45, 2.75) is 65.3 Å². The van der Waals surface area contributed by atoms with Crippen molar-refractivity contribution in [3.05, 3.63) is 28.9 Å². The predicted octanol–water partition coefficient (Wildman–Crippen LogP) is 4.81. The second-order valence-corrected chi connectivity index (χ2v) is 6.00. The molecule has 0 amide bonds. The second-order valence-electron chi connectivity index (χ2n) is 6.00. The highest BCUT2D eigenvalue weighted by atomic mass is 19.1. The Labute approximate surface area is 125 Å². The Kier molecular flexibility index (Phi) is 5.34. The van der Waals surface area contributed by atoms with Crippen molar-refractivity contribution in [3.8, 4) is 0 Å². The van der Waals surface area contributed by atoms with Crippen molar-refractivity contribution in [1.29, 1.82) is 0 Å². The summed E-state index contributed by atoms with van der Waals surface area (Å²) in [6.07, 6.45) is 7.50. The van der Waals surface area contributed by atoms with Gasteiger partial charge in [0.05, 0.1) is 0 Å². The molecule has 3 rings (SSSR count). The third-order valence-corrected chi connectivity index (χ3v) is 3.96. The molecule has 2 aromatic rings. The van der Waals surface area contributed by atoms with Crippen molar-refractivity contribution < 1.29 is 8.81 Å². The van der Waals surface area contributed by atoms with Gasteiger partial charge in [0.25, 0.3) is 0 Å². The molecule has 0 unspecified atom stereocenters. The van der Waals surface area contributed by atoms with Crippen LogP contribution < -0.4 is 5.73 Å². The molecule has 1 aliphatic carbocycles. The van der Waals surface area contributed by atoms with E-state index in [1.807, 2.05) is 20.8 Å². The van der Waals surface area contributed by atoms with Crippen LogP contribution in [-0.4, -0.2) is 4.98 Å². The maximum absolute atomic E-state index is 13.7. The first-order valence-corrected chi connectivity index (χ1v) is 7.83. The van der Waals surface area contributed by atoms with E-state index in [0.29, 0.717) is 18.0 Å². The molecule has 0 spiro atoms. The number of aromatic nitrogens is 1. The standard InChI is InChI=1S/C12H15FN2O.C5H10/c1-6(2)12-15-10-7(3)8(5-14)4-9(13)11(10)16-12;1-2-4-5-3-1/h4,6H,5,14H2,1-3H3;1-5H2. The molecule has 2 N–H and O–H groups in total. The number of fused-ring (bicyclic) bond motifs is 1. The summed E-state index contributed by atoms with van der Waals surface area (Å²) in [6, 6.07) is 1.42. The van der Waals surface area contributed by atoms with Crippen LogP contribution in [0.4, 0.5) is 4.39 Å². The van der Waals surface area contributed by atoms with Gasteiger partial charge < -0.3 is 10.2 Å². The molecule has 0 bridgehead atoms. The summed E-state index contributed by atoms with van der Waals surface area (Å²) in [4.78, 5) is 4.32. The van der Waals surface area contributed by atoms with Crippen LogP contribution in [0.15, 0.2) is 10.5 Å². The topological polar surface area (TPSA) is 52.0 Å². The fourth-order valence-electron chi connectivity index (χ4n) is 2.57. The number of aryl methyl sites for hydroxylation is 1. The molecule has 4 heteroatoms. The molecule has 116 valence electrons. The van der Waals surface area contributed by atoms with E-state index in [0.717, 1.165) is 11.1 Å². The van der Waals surface area contributed by atoms with Gasteiger partial charge in [-0.1, -0.05) is 46.0 Å². The third kappa shape index (κ3) is 3.62. The van der Waals surface area contributed by atoms with Crippen LogP contribution in [0.2, 0.25) is 0 Å². The van der Waals surface area contributed by atoms with Crippen molar-refractivity contribution in [3.63, 3.8) is 0 Å². The summed E-state index contributed by atoms with van der Waals surface area (Å²) in [7, 11) is 0. The first kappa shape index (κ1) is 16.0. The molecule has 3 nitrogen and oxygen atoms in total. The Bertz CT molecular complexity index is 593. The molecule has 1 heterocycles. The molecular formula is C17H25FN2O. The van der Waals surface area contributed by atoms with E-state index < -0.39 is 0 Å². The van der Waals surface area contributed by atoms with E-state index in [-0.39, 0.29) is 17.3 Å². The van der Waals surface area contributed by atoms with Crippen LogP contribution >= 0.6 is 0 Å². The van der Waals surface area contributed by atoms with Gasteiger partial charge in [0.1, 0.15) is 5.52 Å². The van der Waals surface area contributed by atoms with Crippen LogP contribution in [0.5, 0.6) is 0 Å². The molecule has 0 aliphatic heterocycles. The van der Waals surface area contributed by atoms with Crippen molar-refractivity contribution in [2.24, 2.45) is 5.73 Å². The monoisotopic (exact) mass is 292 g/mol. The van der Waals surface area contributed by atoms with Crippen molar-refractivity contribution in [2.75, 3.05) is 0 Å². The average molecular weight is 292 g/mol. The normalized spacial score (nSPS) is 14.6. The van der Waals surface area contributed by atoms with E-state index in [2.05, 4.69) is 4.98 Å². The summed E-state index contributed by atoms with van der Waals surface area (Å²) < 4.78 is 19.1. The summed E-state index contributed by atoms with van der Waals surface area (Å²) >= 11 is 0. The van der Waals surface area contributed by atoms with Crippen molar-refractivity contribution >= 4 is 11.1 Å². The van der Waals surface area contributed by atoms with E-state index in [1.54, 1.807) is 0 Å². The summed E-state index contributed by atoms with van der Waals surface area (Å²) in [5.41, 5.74) is 8.04. The van der Waals surface area contributed by atoms with Crippen LogP contribution in [-0.2, 0) is 6.54 Å². The van der Waals surface area contributed by atoms with E-state index >= 15 is 0 Å². The zero-order valence-electron chi connectivity index (χ0n) is 13.2. The molecule has 0 atom stereocenters. The van der Waals surface area contributed by atoms with Gasteiger partial charge in [-0.25, -0.2) is 9.37 Å². The second kappa shape index (κ2) is 7.03. The molecular weight excluding hydrogens is 267 g/mol. The van der Waals surface area contributed by atoms with Gasteiger partial charge in [0, 0.05) is 12.5 Å². The first-order chi connectivity index (χ1) is 10.0. The minimum atomic E-state index is -0.388. The fraction of sp³-hybridized carbons (Fsp3) is 0.588. The molecule has 0 radical (unpaired) electrons. The van der Waals surface area contributed by atoms with Gasteiger partial charge in [-0.2, -0.15) is 0 Å². The Hall–Kier alpha value is -1.42.